The number of thioether (sulfide) groups is 4. The Bertz CT molecular complexity index is 662. The van der Waals surface area contributed by atoms with Crippen LogP contribution in [0.15, 0.2) is 51.3 Å². The van der Waals surface area contributed by atoms with Crippen molar-refractivity contribution >= 4 is 47.0 Å². The average Bonchev–Trinajstić information content (AvgIpc) is 3.05. The van der Waals surface area contributed by atoms with Gasteiger partial charge in [-0.15, -0.1) is 0 Å². The number of fused-ring (bicyclic) bond motifs is 2. The molecule has 3 rings (SSSR count). The van der Waals surface area contributed by atoms with Crippen LogP contribution in [0.2, 0.25) is 0 Å². The Morgan fingerprint density at radius 3 is 1.30 bits per heavy atom. The smallest absolute Gasteiger partial charge is 0.0961 e. The molecule has 98 valence electrons. The monoisotopic (exact) mass is 332 g/mol. The van der Waals surface area contributed by atoms with Crippen LogP contribution in [-0.2, 0) is 0 Å². The van der Waals surface area contributed by atoms with E-state index in [2.05, 4.69) is 24.3 Å². The standard InChI is InChI=1S/C14H8N2S4/c1-7(5-15)13-17-9-3-11-12(4-10(9)18-13)20-14(19-11)8(2)6-16/h3-4H,1-2H3. The quantitative estimate of drug-likeness (QED) is 0.577. The number of benzene rings is 1. The van der Waals surface area contributed by atoms with Crippen molar-refractivity contribution in [3.8, 4) is 12.1 Å². The summed E-state index contributed by atoms with van der Waals surface area (Å²) < 4.78 is 2.15. The molecule has 2 aliphatic rings. The lowest BCUT2D eigenvalue weighted by molar-refractivity contribution is 1.11. The number of hydrogen-bond acceptors (Lipinski definition) is 6. The number of nitrogens with zero attached hydrogens (tertiary/aromatic N) is 2. The second-order valence-corrected chi connectivity index (χ2v) is 8.93. The maximum Gasteiger partial charge on any atom is 0.0961 e. The summed E-state index contributed by atoms with van der Waals surface area (Å²) in [6, 6.07) is 8.78. The van der Waals surface area contributed by atoms with E-state index >= 15 is 0 Å². The van der Waals surface area contributed by atoms with Gasteiger partial charge in [0.2, 0.25) is 0 Å². The van der Waals surface area contributed by atoms with Gasteiger partial charge in [0.25, 0.3) is 0 Å². The molecule has 2 aliphatic heterocycles. The lowest BCUT2D eigenvalue weighted by Gasteiger charge is -1.99. The highest BCUT2D eigenvalue weighted by Gasteiger charge is 2.26. The third-order valence-corrected chi connectivity index (χ3v) is 8.22. The minimum Gasteiger partial charge on any atom is -0.193 e. The lowest BCUT2D eigenvalue weighted by Crippen LogP contribution is -1.74. The molecule has 1 aromatic carbocycles. The first-order valence-corrected chi connectivity index (χ1v) is 9.00. The second-order valence-electron chi connectivity index (χ2n) is 4.20. The topological polar surface area (TPSA) is 47.6 Å². The highest BCUT2D eigenvalue weighted by Crippen LogP contribution is 2.59. The van der Waals surface area contributed by atoms with Gasteiger partial charge in [-0.25, -0.2) is 0 Å². The van der Waals surface area contributed by atoms with E-state index in [-0.39, 0.29) is 0 Å². The summed E-state index contributed by atoms with van der Waals surface area (Å²) in [5.41, 5.74) is 1.55. The molecule has 0 amide bonds. The summed E-state index contributed by atoms with van der Waals surface area (Å²) in [4.78, 5) is 4.84. The van der Waals surface area contributed by atoms with Gasteiger partial charge in [-0.3, -0.25) is 0 Å². The van der Waals surface area contributed by atoms with Crippen molar-refractivity contribution in [1.82, 2.24) is 0 Å². The molecule has 1 aromatic rings. The maximum absolute atomic E-state index is 8.98. The summed E-state index contributed by atoms with van der Waals surface area (Å²) >= 11 is 6.67. The Labute approximate surface area is 134 Å². The molecule has 0 saturated heterocycles. The van der Waals surface area contributed by atoms with Crippen molar-refractivity contribution in [2.45, 2.75) is 33.4 Å². The van der Waals surface area contributed by atoms with Crippen LogP contribution in [0.25, 0.3) is 0 Å². The van der Waals surface area contributed by atoms with E-state index < -0.39 is 0 Å². The van der Waals surface area contributed by atoms with Crippen molar-refractivity contribution in [3.63, 3.8) is 0 Å². The van der Waals surface area contributed by atoms with E-state index in [1.165, 1.54) is 19.6 Å². The van der Waals surface area contributed by atoms with Crippen molar-refractivity contribution in [2.24, 2.45) is 0 Å². The van der Waals surface area contributed by atoms with Crippen LogP contribution in [0.3, 0.4) is 0 Å². The van der Waals surface area contributed by atoms with Crippen LogP contribution in [0.1, 0.15) is 13.8 Å². The molecule has 2 heterocycles. The molecule has 0 atom stereocenters. The third-order valence-electron chi connectivity index (χ3n) is 2.77. The van der Waals surface area contributed by atoms with Gasteiger partial charge in [0.15, 0.2) is 0 Å². The first-order valence-electron chi connectivity index (χ1n) is 5.73. The second kappa shape index (κ2) is 5.46. The highest BCUT2D eigenvalue weighted by molar-refractivity contribution is 8.25. The van der Waals surface area contributed by atoms with Gasteiger partial charge in [0.1, 0.15) is 0 Å². The molecule has 0 saturated carbocycles. The number of nitriles is 2. The Balaban J connectivity index is 1.97. The van der Waals surface area contributed by atoms with E-state index in [1.54, 1.807) is 47.0 Å². The van der Waals surface area contributed by atoms with Crippen LogP contribution < -0.4 is 0 Å². The van der Waals surface area contributed by atoms with Crippen LogP contribution in [0.5, 0.6) is 0 Å². The third kappa shape index (κ3) is 2.38. The van der Waals surface area contributed by atoms with E-state index in [1.807, 2.05) is 13.8 Å². The normalized spacial score (nSPS) is 15.4. The van der Waals surface area contributed by atoms with E-state index in [4.69, 9.17) is 10.5 Å². The molecule has 0 aromatic heterocycles. The maximum atomic E-state index is 8.98. The van der Waals surface area contributed by atoms with Gasteiger partial charge in [-0.05, 0) is 26.0 Å². The van der Waals surface area contributed by atoms with E-state index in [0.717, 1.165) is 19.6 Å². The van der Waals surface area contributed by atoms with E-state index in [9.17, 15) is 0 Å². The predicted molar refractivity (Wildman–Crippen MR) is 86.5 cm³/mol. The number of hydrogen-bond donors (Lipinski definition) is 0. The molecule has 0 spiro atoms. The minimum absolute atomic E-state index is 0.776. The molecule has 0 N–H and O–H groups in total. The summed E-state index contributed by atoms with van der Waals surface area (Å²) in [5.74, 6) is 0. The molecule has 0 aliphatic carbocycles. The average molecular weight is 333 g/mol. The van der Waals surface area contributed by atoms with Crippen molar-refractivity contribution in [2.75, 3.05) is 0 Å². The van der Waals surface area contributed by atoms with Gasteiger partial charge in [0.05, 0.1) is 20.6 Å². The molecule has 0 fully saturated rings. The Morgan fingerprint density at radius 1 is 0.750 bits per heavy atom. The summed E-state index contributed by atoms with van der Waals surface area (Å²) in [6.07, 6.45) is 0. The van der Waals surface area contributed by atoms with Crippen LogP contribution in [-0.4, -0.2) is 0 Å². The zero-order chi connectivity index (χ0) is 14.3. The van der Waals surface area contributed by atoms with Crippen LogP contribution >= 0.6 is 47.0 Å². The molecule has 0 unspecified atom stereocenters. The highest BCUT2D eigenvalue weighted by atomic mass is 32.2. The fourth-order valence-corrected chi connectivity index (χ4v) is 6.68. The Kier molecular flexibility index (Phi) is 3.83. The molecule has 20 heavy (non-hydrogen) atoms. The van der Waals surface area contributed by atoms with Gasteiger partial charge < -0.3 is 0 Å². The summed E-state index contributed by atoms with van der Waals surface area (Å²) in [7, 11) is 0. The van der Waals surface area contributed by atoms with Crippen LogP contribution in [0.4, 0.5) is 0 Å². The van der Waals surface area contributed by atoms with Crippen LogP contribution in [0, 0.1) is 22.7 Å². The molecule has 6 heteroatoms. The predicted octanol–water partition coefficient (Wildman–Crippen LogP) is 5.59. The van der Waals surface area contributed by atoms with Gasteiger partial charge in [-0.1, -0.05) is 47.0 Å². The van der Waals surface area contributed by atoms with E-state index in [0.29, 0.717) is 0 Å². The Morgan fingerprint density at radius 2 is 1.05 bits per heavy atom. The summed E-state index contributed by atoms with van der Waals surface area (Å²) in [5, 5.41) is 18.0. The molecular weight excluding hydrogens is 324 g/mol. The van der Waals surface area contributed by atoms with Gasteiger partial charge in [-0.2, -0.15) is 10.5 Å². The van der Waals surface area contributed by atoms with Crippen molar-refractivity contribution in [3.05, 3.63) is 31.8 Å². The first kappa shape index (κ1) is 14.0. The molecule has 0 radical (unpaired) electrons. The summed E-state index contributed by atoms with van der Waals surface area (Å²) in [6.45, 7) is 3.71. The molecular formula is C14H8N2S4. The lowest BCUT2D eigenvalue weighted by atomic mass is 10.3. The largest absolute Gasteiger partial charge is 0.193 e. The van der Waals surface area contributed by atoms with Crippen molar-refractivity contribution in [1.29, 1.82) is 10.5 Å². The fourth-order valence-electron chi connectivity index (χ4n) is 1.68. The molecule has 2 nitrogen and oxygen atoms in total. The zero-order valence-corrected chi connectivity index (χ0v) is 13.9. The zero-order valence-electron chi connectivity index (χ0n) is 10.7. The van der Waals surface area contributed by atoms with Gasteiger partial charge in [0, 0.05) is 30.7 Å². The fraction of sp³-hybridized carbons (Fsp3) is 0.143. The Hall–Kier alpha value is -0.920. The number of rotatable bonds is 0. The minimum atomic E-state index is 0.776. The first-order chi connectivity index (χ1) is 9.62. The van der Waals surface area contributed by atoms with Gasteiger partial charge >= 0.3 is 0 Å². The van der Waals surface area contributed by atoms with Crippen molar-refractivity contribution < 1.29 is 0 Å². The molecule has 0 bridgehead atoms. The SMILES string of the molecule is CC(C#N)=C1Sc2cc3c(cc2S1)SC(=C(C)C#N)S3. The number of allylic oxidation sites excluding steroid dienone is 2.